The summed E-state index contributed by atoms with van der Waals surface area (Å²) in [6.45, 7) is 0. The number of nitrogens with one attached hydrogen (secondary N) is 1. The molecule has 0 radical (unpaired) electrons. The van der Waals surface area contributed by atoms with Gasteiger partial charge in [0.1, 0.15) is 5.52 Å². The predicted octanol–water partition coefficient (Wildman–Crippen LogP) is 5.98. The summed E-state index contributed by atoms with van der Waals surface area (Å²) in [6, 6.07) is 20.2. The number of anilines is 1. The molecule has 0 saturated heterocycles. The molecule has 3 aromatic carbocycles. The second-order valence-electron chi connectivity index (χ2n) is 6.04. The average Bonchev–Trinajstić information content (AvgIpc) is 3.07. The van der Waals surface area contributed by atoms with Crippen LogP contribution in [0.15, 0.2) is 71.1 Å². The number of hydrogen-bond donors (Lipinski definition) is 1. The van der Waals surface area contributed by atoms with Crippen LogP contribution < -0.4 is 5.32 Å². The maximum absolute atomic E-state index is 12.2. The highest BCUT2D eigenvalue weighted by Gasteiger charge is 2.12. The molecule has 0 atom stereocenters. The molecule has 1 heterocycles. The van der Waals surface area contributed by atoms with Crippen molar-refractivity contribution >= 4 is 45.9 Å². The molecule has 0 unspecified atom stereocenters. The lowest BCUT2D eigenvalue weighted by atomic mass is 10.1. The summed E-state index contributed by atoms with van der Waals surface area (Å²) in [6.07, 6.45) is 0.326. The molecule has 4 rings (SSSR count). The van der Waals surface area contributed by atoms with Gasteiger partial charge in [0, 0.05) is 16.3 Å². The third kappa shape index (κ3) is 3.97. The number of amides is 1. The van der Waals surface area contributed by atoms with E-state index in [4.69, 9.17) is 27.6 Å². The molecule has 4 nitrogen and oxygen atoms in total. The lowest BCUT2D eigenvalue weighted by Crippen LogP contribution is -2.14. The molecule has 0 aliphatic heterocycles. The van der Waals surface area contributed by atoms with E-state index in [0.29, 0.717) is 39.1 Å². The van der Waals surface area contributed by atoms with E-state index in [1.807, 2.05) is 54.6 Å². The summed E-state index contributed by atoms with van der Waals surface area (Å²) in [4.78, 5) is 16.6. The quantitative estimate of drug-likeness (QED) is 0.461. The van der Waals surface area contributed by atoms with Crippen LogP contribution >= 0.6 is 23.2 Å². The maximum atomic E-state index is 12.2. The van der Waals surface area contributed by atoms with Gasteiger partial charge in [0.05, 0.1) is 11.4 Å². The van der Waals surface area contributed by atoms with Crippen molar-refractivity contribution in [3.05, 3.63) is 82.3 Å². The van der Waals surface area contributed by atoms with Crippen LogP contribution in [0.1, 0.15) is 5.56 Å². The molecular weight excluding hydrogens is 383 g/mol. The highest BCUT2D eigenvalue weighted by Crippen LogP contribution is 2.32. The van der Waals surface area contributed by atoms with Crippen molar-refractivity contribution in [3.8, 4) is 11.5 Å². The van der Waals surface area contributed by atoms with Crippen molar-refractivity contribution in [1.82, 2.24) is 4.98 Å². The molecule has 27 heavy (non-hydrogen) atoms. The lowest BCUT2D eigenvalue weighted by molar-refractivity contribution is -0.115. The summed E-state index contributed by atoms with van der Waals surface area (Å²) in [5.74, 6) is 0.369. The van der Waals surface area contributed by atoms with E-state index >= 15 is 0 Å². The van der Waals surface area contributed by atoms with Crippen molar-refractivity contribution in [3.63, 3.8) is 0 Å². The number of halogens is 2. The van der Waals surface area contributed by atoms with Crippen LogP contribution in [0.3, 0.4) is 0 Å². The standard InChI is InChI=1S/C21H14Cl2N2O2/c22-15-11-17(23)20-18(12-15)25-21(27-20)14-6-8-16(9-7-14)24-19(26)10-13-4-2-1-3-5-13/h1-9,11-12H,10H2,(H,24,26). The predicted molar refractivity (Wildman–Crippen MR) is 108 cm³/mol. The summed E-state index contributed by atoms with van der Waals surface area (Å²) in [5, 5.41) is 3.80. The third-order valence-corrected chi connectivity index (χ3v) is 4.53. The molecule has 4 aromatic rings. The van der Waals surface area contributed by atoms with Crippen LogP contribution in [-0.4, -0.2) is 10.9 Å². The Morgan fingerprint density at radius 3 is 2.48 bits per heavy atom. The Labute approximate surface area is 165 Å². The van der Waals surface area contributed by atoms with Crippen LogP contribution in [0.25, 0.3) is 22.6 Å². The van der Waals surface area contributed by atoms with Crippen LogP contribution in [-0.2, 0) is 11.2 Å². The number of carbonyl (C=O) groups excluding carboxylic acids is 1. The van der Waals surface area contributed by atoms with Crippen molar-refractivity contribution in [1.29, 1.82) is 0 Å². The molecule has 1 N–H and O–H groups in total. The van der Waals surface area contributed by atoms with E-state index < -0.39 is 0 Å². The first-order chi connectivity index (χ1) is 13.1. The summed E-state index contributed by atoms with van der Waals surface area (Å²) in [5.41, 5.74) is 3.55. The van der Waals surface area contributed by atoms with Gasteiger partial charge in [-0.25, -0.2) is 4.98 Å². The SMILES string of the molecule is O=C(Cc1ccccc1)Nc1ccc(-c2nc3cc(Cl)cc(Cl)c3o2)cc1. The fourth-order valence-electron chi connectivity index (χ4n) is 2.77. The molecule has 0 saturated carbocycles. The van der Waals surface area contributed by atoms with Gasteiger partial charge in [-0.3, -0.25) is 4.79 Å². The van der Waals surface area contributed by atoms with E-state index in [0.717, 1.165) is 11.1 Å². The summed E-state index contributed by atoms with van der Waals surface area (Å²) < 4.78 is 5.75. The fraction of sp³-hybridized carbons (Fsp3) is 0.0476. The Morgan fingerprint density at radius 1 is 1.00 bits per heavy atom. The van der Waals surface area contributed by atoms with Crippen LogP contribution in [0.5, 0.6) is 0 Å². The van der Waals surface area contributed by atoms with Gasteiger partial charge in [-0.1, -0.05) is 53.5 Å². The number of carbonyl (C=O) groups is 1. The molecule has 0 fully saturated rings. The molecule has 1 amide bonds. The first kappa shape index (κ1) is 17.6. The van der Waals surface area contributed by atoms with Gasteiger partial charge in [-0.2, -0.15) is 0 Å². The third-order valence-electron chi connectivity index (χ3n) is 4.03. The van der Waals surface area contributed by atoms with Crippen molar-refractivity contribution < 1.29 is 9.21 Å². The molecule has 0 aliphatic carbocycles. The van der Waals surface area contributed by atoms with Gasteiger partial charge in [0.2, 0.25) is 11.8 Å². The van der Waals surface area contributed by atoms with Gasteiger partial charge < -0.3 is 9.73 Å². The maximum Gasteiger partial charge on any atom is 0.228 e. The normalized spacial score (nSPS) is 10.9. The van der Waals surface area contributed by atoms with E-state index in [2.05, 4.69) is 10.3 Å². The van der Waals surface area contributed by atoms with E-state index in [1.54, 1.807) is 12.1 Å². The molecule has 1 aromatic heterocycles. The molecule has 0 aliphatic rings. The Balaban J connectivity index is 1.50. The molecule has 6 heteroatoms. The van der Waals surface area contributed by atoms with Crippen molar-refractivity contribution in [2.75, 3.05) is 5.32 Å². The monoisotopic (exact) mass is 396 g/mol. The molecule has 134 valence electrons. The second kappa shape index (κ2) is 7.43. The summed E-state index contributed by atoms with van der Waals surface area (Å²) in [7, 11) is 0. The topological polar surface area (TPSA) is 55.1 Å². The van der Waals surface area contributed by atoms with Crippen LogP contribution in [0.2, 0.25) is 10.0 Å². The number of rotatable bonds is 4. The minimum atomic E-state index is -0.0720. The van der Waals surface area contributed by atoms with Gasteiger partial charge in [-0.15, -0.1) is 0 Å². The van der Waals surface area contributed by atoms with Crippen molar-refractivity contribution in [2.24, 2.45) is 0 Å². The Kier molecular flexibility index (Phi) is 4.84. The Morgan fingerprint density at radius 2 is 1.74 bits per heavy atom. The van der Waals surface area contributed by atoms with Gasteiger partial charge in [0.25, 0.3) is 0 Å². The smallest absolute Gasteiger partial charge is 0.228 e. The number of benzene rings is 3. The zero-order valence-electron chi connectivity index (χ0n) is 14.1. The second-order valence-corrected chi connectivity index (χ2v) is 6.89. The zero-order chi connectivity index (χ0) is 18.8. The highest BCUT2D eigenvalue weighted by molar-refractivity contribution is 6.38. The van der Waals surface area contributed by atoms with Crippen molar-refractivity contribution in [2.45, 2.75) is 6.42 Å². The number of oxazole rings is 1. The molecular formula is C21H14Cl2N2O2. The minimum Gasteiger partial charge on any atom is -0.435 e. The lowest BCUT2D eigenvalue weighted by Gasteiger charge is -2.06. The fourth-order valence-corrected chi connectivity index (χ4v) is 3.29. The molecule has 0 spiro atoms. The first-order valence-electron chi connectivity index (χ1n) is 8.28. The first-order valence-corrected chi connectivity index (χ1v) is 9.04. The van der Waals surface area contributed by atoms with Gasteiger partial charge in [-0.05, 0) is 42.0 Å². The van der Waals surface area contributed by atoms with Crippen LogP contribution in [0, 0.1) is 0 Å². The molecule has 0 bridgehead atoms. The highest BCUT2D eigenvalue weighted by atomic mass is 35.5. The Bertz CT molecular complexity index is 1110. The minimum absolute atomic E-state index is 0.0720. The van der Waals surface area contributed by atoms with Crippen LogP contribution in [0.4, 0.5) is 5.69 Å². The van der Waals surface area contributed by atoms with Gasteiger partial charge >= 0.3 is 0 Å². The average molecular weight is 397 g/mol. The van der Waals surface area contributed by atoms with E-state index in [1.165, 1.54) is 0 Å². The number of nitrogens with zero attached hydrogens (tertiary/aromatic N) is 1. The number of aromatic nitrogens is 1. The largest absolute Gasteiger partial charge is 0.435 e. The zero-order valence-corrected chi connectivity index (χ0v) is 15.6. The van der Waals surface area contributed by atoms with E-state index in [9.17, 15) is 4.79 Å². The Hall–Kier alpha value is -2.82. The number of fused-ring (bicyclic) bond motifs is 1. The number of hydrogen-bond acceptors (Lipinski definition) is 3. The summed E-state index contributed by atoms with van der Waals surface area (Å²) >= 11 is 12.1. The van der Waals surface area contributed by atoms with E-state index in [-0.39, 0.29) is 5.91 Å². The van der Waals surface area contributed by atoms with Gasteiger partial charge in [0.15, 0.2) is 5.58 Å².